The first-order valence-corrected chi connectivity index (χ1v) is 3.39. The molecule has 0 saturated heterocycles. The summed E-state index contributed by atoms with van der Waals surface area (Å²) in [5.41, 5.74) is 0. The Morgan fingerprint density at radius 1 is 1.67 bits per heavy atom. The van der Waals surface area contributed by atoms with Gasteiger partial charge in [-0.3, -0.25) is 0 Å². The van der Waals surface area contributed by atoms with Gasteiger partial charge in [0, 0.05) is 21.1 Å². The average Bonchev–Trinajstić information content (AvgIpc) is 1.46. The van der Waals surface area contributed by atoms with Crippen LogP contribution in [0.2, 0.25) is 0 Å². The predicted molar refractivity (Wildman–Crippen MR) is 15.9 cm³/mol. The van der Waals surface area contributed by atoms with Gasteiger partial charge in [0.05, 0.1) is 0 Å². The molecule has 2 nitrogen and oxygen atoms in total. The van der Waals surface area contributed by atoms with E-state index in [1.165, 1.54) is 18.0 Å². The van der Waals surface area contributed by atoms with Crippen molar-refractivity contribution in [3.8, 4) is 0 Å². The molecule has 6 heavy (non-hydrogen) atoms. The van der Waals surface area contributed by atoms with E-state index in [9.17, 15) is 0 Å². The summed E-state index contributed by atoms with van der Waals surface area (Å²) in [7, 11) is 4.09. The molecule has 0 rings (SSSR count). The summed E-state index contributed by atoms with van der Waals surface area (Å²) in [6.07, 6.45) is 0. The molecule has 0 aromatic rings. The zero-order chi connectivity index (χ0) is 4.71. The third-order valence-corrected chi connectivity index (χ3v) is 0. The third-order valence-electron chi connectivity index (χ3n) is 0. The molecule has 0 aliphatic rings. The first kappa shape index (κ1) is 15.7. The molecule has 0 aromatic carbocycles. The fourth-order valence-corrected chi connectivity index (χ4v) is 0. The van der Waals surface area contributed by atoms with Crippen molar-refractivity contribution in [2.24, 2.45) is 0 Å². The molecule has 0 aromatic heterocycles. The van der Waals surface area contributed by atoms with E-state index in [1.807, 2.05) is 0 Å². The maximum atomic E-state index is 8.24. The second-order valence-corrected chi connectivity index (χ2v) is 0.0913. The Labute approximate surface area is 64.9 Å². The molecule has 1 N–H and O–H groups in total. The molecule has 0 fully saturated rings. The van der Waals surface area contributed by atoms with Gasteiger partial charge < -0.3 is 9.90 Å². The standard InChI is InChI=1S/CHO2.2Mo.S/c2-1-3;;;/h(H,2,3);;;/q-1;;;. The minimum absolute atomic E-state index is 0. The van der Waals surface area contributed by atoms with Crippen molar-refractivity contribution in [3.63, 3.8) is 0 Å². The van der Waals surface area contributed by atoms with Crippen molar-refractivity contribution in [2.75, 3.05) is 0 Å². The molecule has 0 atom stereocenters. The van der Waals surface area contributed by atoms with E-state index in [2.05, 4.69) is 9.82 Å². The number of hydrogen-bond acceptors (Lipinski definition) is 2. The molecule has 5 heteroatoms. The van der Waals surface area contributed by atoms with Gasteiger partial charge in [-0.05, 0) is 0 Å². The van der Waals surface area contributed by atoms with Crippen LogP contribution in [0.5, 0.6) is 0 Å². The molecule has 0 unspecified atom stereocenters. The quantitative estimate of drug-likeness (QED) is 0.506. The maximum absolute atomic E-state index is 8.24. The zero-order valence-electron chi connectivity index (χ0n) is 2.58. The second-order valence-electron chi connectivity index (χ2n) is 0.0913. The van der Waals surface area contributed by atoms with Crippen LogP contribution >= 0.6 is 9.82 Å². The summed E-state index contributed by atoms with van der Waals surface area (Å²) in [6.45, 7) is 0.500. The van der Waals surface area contributed by atoms with E-state index in [-0.39, 0.29) is 21.1 Å². The molecule has 0 amide bonds. The van der Waals surface area contributed by atoms with Crippen LogP contribution in [0.1, 0.15) is 0 Å². The first-order valence-electron chi connectivity index (χ1n) is 0.594. The van der Waals surface area contributed by atoms with Crippen molar-refractivity contribution in [2.45, 2.75) is 0 Å². The van der Waals surface area contributed by atoms with Crippen LogP contribution in [0.3, 0.4) is 0 Å². The number of rotatable bonds is 0. The minimum atomic E-state index is 0. The molecule has 0 spiro atoms. The summed E-state index contributed by atoms with van der Waals surface area (Å²) in [6, 6.07) is 0. The van der Waals surface area contributed by atoms with E-state index in [0.717, 1.165) is 0 Å². The van der Waals surface area contributed by atoms with Crippen molar-refractivity contribution in [1.29, 1.82) is 0 Å². The van der Waals surface area contributed by atoms with Gasteiger partial charge in [0.1, 0.15) is 0 Å². The fourth-order valence-electron chi connectivity index (χ4n) is 0. The molecule has 0 aliphatic carbocycles. The zero-order valence-corrected chi connectivity index (χ0v) is 7.41. The predicted octanol–water partition coefficient (Wildman–Crippen LogP) is 0.255. The number of hydrogen-bond donors (Lipinski definition) is 1. The number of aliphatic hydroxyl groups excluding tert-OH is 1. The normalized spacial score (nSPS) is 2.67. The van der Waals surface area contributed by atoms with Crippen molar-refractivity contribution < 1.29 is 49.0 Å². The SMILES string of the molecule is O=[C-]O.[Mo].[S]=[Mo]. The van der Waals surface area contributed by atoms with Crippen LogP contribution in [-0.2, 0) is 43.9 Å². The van der Waals surface area contributed by atoms with Gasteiger partial charge in [-0.15, -0.1) is 0 Å². The van der Waals surface area contributed by atoms with Gasteiger partial charge in [0.15, 0.2) is 0 Å². The second kappa shape index (κ2) is 36.5. The Kier molecular flexibility index (Phi) is 95.6. The Bertz CT molecular complexity index is 25.5. The Morgan fingerprint density at radius 2 is 1.67 bits per heavy atom. The van der Waals surface area contributed by atoms with Gasteiger partial charge >= 0.3 is 27.8 Å². The molecule has 0 radical (unpaired) electrons. The van der Waals surface area contributed by atoms with Crippen molar-refractivity contribution >= 4 is 16.3 Å². The molecular weight excluding hydrogens is 268 g/mol. The Hall–Kier alpha value is 1.07. The Morgan fingerprint density at radius 3 is 1.67 bits per heavy atom. The van der Waals surface area contributed by atoms with Crippen LogP contribution in [0.15, 0.2) is 0 Å². The van der Waals surface area contributed by atoms with Crippen molar-refractivity contribution in [3.05, 3.63) is 0 Å². The van der Waals surface area contributed by atoms with Crippen LogP contribution in [0, 0.1) is 0 Å². The van der Waals surface area contributed by atoms with E-state index < -0.39 is 0 Å². The monoisotopic (exact) mass is 273 g/mol. The average molecular weight is 269 g/mol. The molecule has 0 bridgehead atoms. The molecule has 36 valence electrons. The molecule has 0 aliphatic heterocycles. The van der Waals surface area contributed by atoms with Crippen LogP contribution in [-0.4, -0.2) is 11.6 Å². The van der Waals surface area contributed by atoms with Gasteiger partial charge in [-0.1, -0.05) is 6.47 Å². The summed E-state index contributed by atoms with van der Waals surface area (Å²) < 4.78 is 0. The summed E-state index contributed by atoms with van der Waals surface area (Å²) >= 11 is 1.53. The summed E-state index contributed by atoms with van der Waals surface area (Å²) in [5, 5.41) is 6.76. The van der Waals surface area contributed by atoms with Gasteiger partial charge in [-0.2, -0.15) is 0 Å². The Balaban J connectivity index is -0.0000000275. The van der Waals surface area contributed by atoms with E-state index >= 15 is 0 Å². The van der Waals surface area contributed by atoms with E-state index in [1.54, 1.807) is 0 Å². The van der Waals surface area contributed by atoms with Gasteiger partial charge in [0.25, 0.3) is 0 Å². The van der Waals surface area contributed by atoms with Gasteiger partial charge in [0.2, 0.25) is 0 Å². The molecular formula is CHMo2O2S-. The summed E-state index contributed by atoms with van der Waals surface area (Å²) in [5.74, 6) is 0. The van der Waals surface area contributed by atoms with Crippen LogP contribution in [0.25, 0.3) is 0 Å². The topological polar surface area (TPSA) is 37.3 Å². The molecule has 0 saturated carbocycles. The fraction of sp³-hybridized carbons (Fsp3) is 0. The van der Waals surface area contributed by atoms with E-state index in [0.29, 0.717) is 6.47 Å². The van der Waals surface area contributed by atoms with Crippen molar-refractivity contribution in [1.82, 2.24) is 0 Å². The van der Waals surface area contributed by atoms with Crippen LogP contribution in [0.4, 0.5) is 0 Å². The van der Waals surface area contributed by atoms with Crippen LogP contribution < -0.4 is 0 Å². The van der Waals surface area contributed by atoms with Gasteiger partial charge in [-0.25, -0.2) is 0 Å². The summed E-state index contributed by atoms with van der Waals surface area (Å²) in [4.78, 5) is 8.24. The molecule has 0 heterocycles. The third kappa shape index (κ3) is 73.6. The van der Waals surface area contributed by atoms with E-state index in [4.69, 9.17) is 9.90 Å². The first-order chi connectivity index (χ1) is 2.41.